The minimum Gasteiger partial charge on any atom is -0.484 e. The number of benzene rings is 3. The van der Waals surface area contributed by atoms with Crippen LogP contribution in [0.2, 0.25) is 0 Å². The molecule has 5 aromatic rings. The van der Waals surface area contributed by atoms with Crippen LogP contribution in [0.3, 0.4) is 0 Å². The van der Waals surface area contributed by atoms with Crippen molar-refractivity contribution in [2.24, 2.45) is 0 Å². The van der Waals surface area contributed by atoms with Gasteiger partial charge < -0.3 is 14.5 Å². The van der Waals surface area contributed by atoms with Crippen molar-refractivity contribution in [2.45, 2.75) is 20.4 Å². The van der Waals surface area contributed by atoms with E-state index in [0.717, 1.165) is 38.3 Å². The van der Waals surface area contributed by atoms with E-state index in [1.165, 1.54) is 11.6 Å². The summed E-state index contributed by atoms with van der Waals surface area (Å²) in [5.41, 5.74) is 6.16. The number of hydrogen-bond acceptors (Lipinski definition) is 6. The molecule has 0 bridgehead atoms. The van der Waals surface area contributed by atoms with Gasteiger partial charge in [-0.05, 0) is 37.1 Å². The van der Waals surface area contributed by atoms with Gasteiger partial charge in [0.2, 0.25) is 0 Å². The van der Waals surface area contributed by atoms with E-state index in [2.05, 4.69) is 41.9 Å². The molecule has 6 nitrogen and oxygen atoms in total. The molecule has 0 aliphatic heterocycles. The third kappa shape index (κ3) is 5.37. The molecular weight excluding hydrogens is 472 g/mol. The molecule has 0 saturated heterocycles. The molecule has 0 aliphatic carbocycles. The topological polar surface area (TPSA) is 81.4 Å². The molecule has 0 unspecified atom stereocenters. The second-order valence-electron chi connectivity index (χ2n) is 8.57. The minimum atomic E-state index is -0.414. The average Bonchev–Trinajstić information content (AvgIpc) is 3.37. The van der Waals surface area contributed by atoms with Crippen molar-refractivity contribution in [3.8, 4) is 27.6 Å². The van der Waals surface area contributed by atoms with Gasteiger partial charge in [-0.25, -0.2) is 9.78 Å². The van der Waals surface area contributed by atoms with E-state index >= 15 is 0 Å². The Morgan fingerprint density at radius 3 is 2.50 bits per heavy atom. The number of fused-ring (bicyclic) bond motifs is 1. The van der Waals surface area contributed by atoms with Crippen molar-refractivity contribution in [2.75, 3.05) is 6.61 Å². The number of nitrogens with zero attached hydrogens (tertiary/aromatic N) is 1. The Hall–Kier alpha value is -4.23. The fourth-order valence-electron chi connectivity index (χ4n) is 3.82. The molecule has 5 rings (SSSR count). The zero-order valence-corrected chi connectivity index (χ0v) is 20.7. The number of carbonyl (C=O) groups is 1. The van der Waals surface area contributed by atoms with E-state index in [-0.39, 0.29) is 12.5 Å². The monoisotopic (exact) mass is 496 g/mol. The summed E-state index contributed by atoms with van der Waals surface area (Å²) in [6, 6.07) is 23.0. The summed E-state index contributed by atoms with van der Waals surface area (Å²) in [6.07, 6.45) is 0. The van der Waals surface area contributed by atoms with Gasteiger partial charge in [0.25, 0.3) is 5.91 Å². The van der Waals surface area contributed by atoms with Crippen molar-refractivity contribution in [1.82, 2.24) is 10.3 Å². The van der Waals surface area contributed by atoms with Gasteiger partial charge in [-0.15, -0.1) is 11.3 Å². The molecule has 7 heteroatoms. The molecule has 0 spiro atoms. The minimum absolute atomic E-state index is 0.138. The van der Waals surface area contributed by atoms with Crippen molar-refractivity contribution < 1.29 is 13.9 Å². The van der Waals surface area contributed by atoms with E-state index in [1.54, 1.807) is 23.5 Å². The van der Waals surface area contributed by atoms with Gasteiger partial charge in [0.15, 0.2) is 6.61 Å². The van der Waals surface area contributed by atoms with E-state index in [0.29, 0.717) is 17.9 Å². The predicted molar refractivity (Wildman–Crippen MR) is 142 cm³/mol. The second kappa shape index (κ2) is 10.2. The summed E-state index contributed by atoms with van der Waals surface area (Å²) in [4.78, 5) is 28.7. The number of thiazole rings is 1. The summed E-state index contributed by atoms with van der Waals surface area (Å²) in [6.45, 7) is 4.17. The number of ether oxygens (including phenoxy) is 1. The second-order valence-corrected chi connectivity index (χ2v) is 9.43. The van der Waals surface area contributed by atoms with Crippen LogP contribution in [0, 0.1) is 13.8 Å². The summed E-state index contributed by atoms with van der Waals surface area (Å²) in [5, 5.41) is 6.72. The number of hydrogen-bond donors (Lipinski definition) is 1. The fourth-order valence-corrected chi connectivity index (χ4v) is 4.66. The maximum Gasteiger partial charge on any atom is 0.336 e. The molecule has 0 atom stereocenters. The van der Waals surface area contributed by atoms with Crippen molar-refractivity contribution >= 4 is 28.2 Å². The van der Waals surface area contributed by atoms with Crippen LogP contribution < -0.4 is 15.7 Å². The van der Waals surface area contributed by atoms with Crippen LogP contribution in [0.25, 0.3) is 32.8 Å². The highest BCUT2D eigenvalue weighted by atomic mass is 32.1. The molecule has 180 valence electrons. The van der Waals surface area contributed by atoms with Gasteiger partial charge in [-0.2, -0.15) is 0 Å². The standard InChI is InChI=1S/C29H24N2O4S/c1-18-3-7-21(8-4-18)25-17-36-29(31-25)22-9-5-20(6-10-22)15-30-27(32)16-34-23-11-12-24-19(2)13-28(33)35-26(24)14-23/h3-14,17H,15-16H2,1-2H3,(H,30,32). The zero-order valence-electron chi connectivity index (χ0n) is 19.9. The molecular formula is C29H24N2O4S. The zero-order chi connectivity index (χ0) is 25.1. The lowest BCUT2D eigenvalue weighted by atomic mass is 10.1. The summed E-state index contributed by atoms with van der Waals surface area (Å²) >= 11 is 1.61. The van der Waals surface area contributed by atoms with Gasteiger partial charge in [-0.3, -0.25) is 4.79 Å². The van der Waals surface area contributed by atoms with Gasteiger partial charge >= 0.3 is 5.63 Å². The lowest BCUT2D eigenvalue weighted by Crippen LogP contribution is -2.28. The van der Waals surface area contributed by atoms with Crippen molar-refractivity contribution in [3.63, 3.8) is 0 Å². The van der Waals surface area contributed by atoms with E-state index in [1.807, 2.05) is 37.3 Å². The number of aryl methyl sites for hydroxylation is 2. The van der Waals surface area contributed by atoms with Crippen LogP contribution in [-0.4, -0.2) is 17.5 Å². The van der Waals surface area contributed by atoms with E-state index < -0.39 is 5.63 Å². The highest BCUT2D eigenvalue weighted by molar-refractivity contribution is 7.13. The number of carbonyl (C=O) groups excluding carboxylic acids is 1. The van der Waals surface area contributed by atoms with Crippen LogP contribution in [-0.2, 0) is 11.3 Å². The summed E-state index contributed by atoms with van der Waals surface area (Å²) in [5.74, 6) is 0.219. The number of aromatic nitrogens is 1. The van der Waals surface area contributed by atoms with Crippen LogP contribution >= 0.6 is 11.3 Å². The maximum absolute atomic E-state index is 12.3. The van der Waals surface area contributed by atoms with Gasteiger partial charge in [0.05, 0.1) is 5.69 Å². The molecule has 2 heterocycles. The van der Waals surface area contributed by atoms with Crippen LogP contribution in [0.4, 0.5) is 0 Å². The maximum atomic E-state index is 12.3. The van der Waals surface area contributed by atoms with Crippen LogP contribution in [0.5, 0.6) is 5.75 Å². The summed E-state index contributed by atoms with van der Waals surface area (Å²) < 4.78 is 10.8. The van der Waals surface area contributed by atoms with E-state index in [4.69, 9.17) is 14.1 Å². The normalized spacial score (nSPS) is 10.9. The van der Waals surface area contributed by atoms with Crippen LogP contribution in [0.15, 0.2) is 87.4 Å². The third-order valence-electron chi connectivity index (χ3n) is 5.83. The van der Waals surface area contributed by atoms with Crippen molar-refractivity contribution in [3.05, 3.63) is 105 Å². The average molecular weight is 497 g/mol. The Morgan fingerprint density at radius 1 is 0.972 bits per heavy atom. The van der Waals surface area contributed by atoms with Gasteiger partial charge in [0.1, 0.15) is 16.3 Å². The Balaban J connectivity index is 1.15. The highest BCUT2D eigenvalue weighted by Gasteiger charge is 2.09. The van der Waals surface area contributed by atoms with Gasteiger partial charge in [0, 0.05) is 40.6 Å². The highest BCUT2D eigenvalue weighted by Crippen LogP contribution is 2.29. The fraction of sp³-hybridized carbons (Fsp3) is 0.138. The summed E-state index contributed by atoms with van der Waals surface area (Å²) in [7, 11) is 0. The third-order valence-corrected chi connectivity index (χ3v) is 6.73. The Morgan fingerprint density at radius 2 is 1.72 bits per heavy atom. The molecule has 1 amide bonds. The quantitative estimate of drug-likeness (QED) is 0.284. The predicted octanol–water partition coefficient (Wildman–Crippen LogP) is 5.90. The van der Waals surface area contributed by atoms with Crippen molar-refractivity contribution in [1.29, 1.82) is 0 Å². The first-order valence-electron chi connectivity index (χ1n) is 11.5. The lowest BCUT2D eigenvalue weighted by molar-refractivity contribution is -0.123. The Kier molecular flexibility index (Phi) is 6.64. The molecule has 2 aromatic heterocycles. The molecule has 3 aromatic carbocycles. The smallest absolute Gasteiger partial charge is 0.336 e. The Labute approximate surface area is 212 Å². The molecule has 0 radical (unpaired) electrons. The SMILES string of the molecule is Cc1ccc(-c2csc(-c3ccc(CNC(=O)COc4ccc5c(C)cc(=O)oc5c4)cc3)n2)cc1. The molecule has 0 saturated carbocycles. The van der Waals surface area contributed by atoms with E-state index in [9.17, 15) is 9.59 Å². The lowest BCUT2D eigenvalue weighted by Gasteiger charge is -2.09. The molecule has 36 heavy (non-hydrogen) atoms. The largest absolute Gasteiger partial charge is 0.484 e. The number of amides is 1. The number of nitrogens with one attached hydrogen (secondary N) is 1. The number of rotatable bonds is 7. The van der Waals surface area contributed by atoms with Crippen LogP contribution in [0.1, 0.15) is 16.7 Å². The Bertz CT molecular complexity index is 1580. The molecule has 1 N–H and O–H groups in total. The first-order chi connectivity index (χ1) is 17.4. The van der Waals surface area contributed by atoms with Gasteiger partial charge in [-0.1, -0.05) is 54.1 Å². The first kappa shape index (κ1) is 23.5. The molecule has 0 fully saturated rings. The molecule has 0 aliphatic rings. The first-order valence-corrected chi connectivity index (χ1v) is 12.4.